The maximum absolute atomic E-state index is 13.0. The first-order valence-corrected chi connectivity index (χ1v) is 6.26. The first-order valence-electron chi connectivity index (χ1n) is 5.18. The van der Waals surface area contributed by atoms with Crippen molar-refractivity contribution in [1.29, 1.82) is 0 Å². The van der Waals surface area contributed by atoms with E-state index in [1.54, 1.807) is 6.07 Å². The Morgan fingerprint density at radius 3 is 2.17 bits per heavy atom. The minimum atomic E-state index is -0.611. The predicted molar refractivity (Wildman–Crippen MR) is 72.8 cm³/mol. The zero-order valence-corrected chi connectivity index (χ0v) is 11.3. The van der Waals surface area contributed by atoms with E-state index in [0.29, 0.717) is 9.13 Å². The summed E-state index contributed by atoms with van der Waals surface area (Å²) in [5.41, 5.74) is 1.22. The molecule has 0 radical (unpaired) electrons. The molecule has 5 heteroatoms. The molecule has 2 rings (SSSR count). The van der Waals surface area contributed by atoms with E-state index in [1.165, 1.54) is 24.3 Å². The predicted octanol–water partition coefficient (Wildman–Crippen LogP) is 4.32. The highest BCUT2D eigenvalue weighted by Gasteiger charge is 2.03. The highest BCUT2D eigenvalue weighted by atomic mass is 127. The van der Waals surface area contributed by atoms with E-state index < -0.39 is 11.6 Å². The van der Waals surface area contributed by atoms with Crippen LogP contribution in [0.3, 0.4) is 0 Å². The Hall–Kier alpha value is -1.24. The third-order valence-electron chi connectivity index (χ3n) is 2.34. The first kappa shape index (κ1) is 13.2. The van der Waals surface area contributed by atoms with Crippen LogP contribution in [0, 0.1) is 21.0 Å². The largest absolute Gasteiger partial charge is 0.380 e. The lowest BCUT2D eigenvalue weighted by atomic mass is 10.2. The summed E-state index contributed by atoms with van der Waals surface area (Å²) in [5.74, 6) is -1.54. The lowest BCUT2D eigenvalue weighted by Crippen LogP contribution is -2.02. The van der Waals surface area contributed by atoms with Gasteiger partial charge >= 0.3 is 0 Å². The van der Waals surface area contributed by atoms with E-state index in [4.69, 9.17) is 0 Å². The second-order valence-corrected chi connectivity index (χ2v) is 4.92. The smallest absolute Gasteiger partial charge is 0.126 e. The molecule has 1 N–H and O–H groups in total. The van der Waals surface area contributed by atoms with Crippen molar-refractivity contribution in [2.24, 2.45) is 0 Å². The molecule has 0 fully saturated rings. The van der Waals surface area contributed by atoms with Crippen LogP contribution in [0.4, 0.5) is 18.9 Å². The zero-order chi connectivity index (χ0) is 13.1. The monoisotopic (exact) mass is 363 g/mol. The molecule has 94 valence electrons. The molecule has 0 atom stereocenters. The molecule has 0 spiro atoms. The second kappa shape index (κ2) is 5.60. The molecule has 0 bridgehead atoms. The summed E-state index contributed by atoms with van der Waals surface area (Å²) in [6.07, 6.45) is 0. The molecular weight excluding hydrogens is 354 g/mol. The van der Waals surface area contributed by atoms with Crippen molar-refractivity contribution < 1.29 is 13.2 Å². The van der Waals surface area contributed by atoms with Crippen molar-refractivity contribution in [2.75, 3.05) is 5.32 Å². The SMILES string of the molecule is Fc1cc(F)cc(CNc2ccc(F)cc2I)c1. The molecule has 0 unspecified atom stereocenters. The van der Waals surface area contributed by atoms with Gasteiger partial charge < -0.3 is 5.32 Å². The summed E-state index contributed by atoms with van der Waals surface area (Å²) in [7, 11) is 0. The summed E-state index contributed by atoms with van der Waals surface area (Å²) in [5, 5.41) is 3.00. The van der Waals surface area contributed by atoms with Gasteiger partial charge in [0.1, 0.15) is 17.5 Å². The summed E-state index contributed by atoms with van der Waals surface area (Å²) in [6.45, 7) is 0.274. The Balaban J connectivity index is 2.11. The van der Waals surface area contributed by atoms with E-state index in [0.717, 1.165) is 11.8 Å². The van der Waals surface area contributed by atoms with Crippen molar-refractivity contribution >= 4 is 28.3 Å². The quantitative estimate of drug-likeness (QED) is 0.801. The minimum absolute atomic E-state index is 0.274. The molecule has 0 amide bonds. The van der Waals surface area contributed by atoms with E-state index in [9.17, 15) is 13.2 Å². The topological polar surface area (TPSA) is 12.0 Å². The van der Waals surface area contributed by atoms with Crippen molar-refractivity contribution in [2.45, 2.75) is 6.54 Å². The Morgan fingerprint density at radius 2 is 1.56 bits per heavy atom. The van der Waals surface area contributed by atoms with Crippen LogP contribution in [-0.4, -0.2) is 0 Å². The maximum atomic E-state index is 13.0. The number of nitrogens with one attached hydrogen (secondary N) is 1. The zero-order valence-electron chi connectivity index (χ0n) is 9.18. The molecule has 0 heterocycles. The van der Waals surface area contributed by atoms with Gasteiger partial charge in [-0.1, -0.05) is 0 Å². The standard InChI is InChI=1S/C13H9F3IN/c14-9-1-2-13(12(17)6-9)18-7-8-3-10(15)5-11(16)4-8/h1-6,18H,7H2. The molecule has 2 aromatic carbocycles. The Bertz CT molecular complexity index is 552. The number of halogens is 4. The Kier molecular flexibility index (Phi) is 4.11. The van der Waals surface area contributed by atoms with Gasteiger partial charge in [-0.15, -0.1) is 0 Å². The van der Waals surface area contributed by atoms with Crippen molar-refractivity contribution in [1.82, 2.24) is 0 Å². The van der Waals surface area contributed by atoms with Gasteiger partial charge in [-0.05, 0) is 58.5 Å². The van der Waals surface area contributed by atoms with Crippen molar-refractivity contribution in [3.8, 4) is 0 Å². The van der Waals surface area contributed by atoms with Gasteiger partial charge in [0, 0.05) is 21.9 Å². The highest BCUT2D eigenvalue weighted by molar-refractivity contribution is 14.1. The van der Waals surface area contributed by atoms with E-state index in [1.807, 2.05) is 22.6 Å². The van der Waals surface area contributed by atoms with Crippen LogP contribution in [0.25, 0.3) is 0 Å². The van der Waals surface area contributed by atoms with E-state index >= 15 is 0 Å². The average molecular weight is 363 g/mol. The number of anilines is 1. The van der Waals surface area contributed by atoms with Gasteiger partial charge in [0.15, 0.2) is 0 Å². The molecule has 1 nitrogen and oxygen atoms in total. The normalized spacial score (nSPS) is 10.4. The summed E-state index contributed by atoms with van der Waals surface area (Å²) < 4.78 is 39.5. The molecule has 0 aliphatic carbocycles. The average Bonchev–Trinajstić information content (AvgIpc) is 2.26. The van der Waals surface area contributed by atoms with Crippen LogP contribution in [0.2, 0.25) is 0 Å². The van der Waals surface area contributed by atoms with Gasteiger partial charge in [-0.25, -0.2) is 13.2 Å². The third-order valence-corrected chi connectivity index (χ3v) is 3.23. The number of hydrogen-bond acceptors (Lipinski definition) is 1. The van der Waals surface area contributed by atoms with Crippen LogP contribution >= 0.6 is 22.6 Å². The van der Waals surface area contributed by atoms with Crippen LogP contribution < -0.4 is 5.32 Å². The molecule has 0 aliphatic heterocycles. The summed E-state index contributed by atoms with van der Waals surface area (Å²) in [6, 6.07) is 7.64. The molecule has 0 aromatic heterocycles. The Labute approximate surface area is 116 Å². The van der Waals surface area contributed by atoms with Gasteiger partial charge in [0.25, 0.3) is 0 Å². The highest BCUT2D eigenvalue weighted by Crippen LogP contribution is 2.20. The van der Waals surface area contributed by atoms with Crippen LogP contribution in [0.1, 0.15) is 5.56 Å². The minimum Gasteiger partial charge on any atom is -0.380 e. The fourth-order valence-corrected chi connectivity index (χ4v) is 2.21. The third kappa shape index (κ3) is 3.38. The fourth-order valence-electron chi connectivity index (χ4n) is 1.54. The molecular formula is C13H9F3IN. The van der Waals surface area contributed by atoms with Crippen LogP contribution in [0.15, 0.2) is 36.4 Å². The fraction of sp³-hybridized carbons (Fsp3) is 0.0769. The van der Waals surface area contributed by atoms with Crippen LogP contribution in [-0.2, 0) is 6.54 Å². The number of rotatable bonds is 3. The van der Waals surface area contributed by atoms with E-state index in [2.05, 4.69) is 5.32 Å². The van der Waals surface area contributed by atoms with Crippen molar-refractivity contribution in [3.05, 3.63) is 63.0 Å². The second-order valence-electron chi connectivity index (χ2n) is 3.76. The molecule has 0 aliphatic rings. The number of benzene rings is 2. The Morgan fingerprint density at radius 1 is 0.889 bits per heavy atom. The first-order chi connectivity index (χ1) is 8.54. The molecule has 18 heavy (non-hydrogen) atoms. The van der Waals surface area contributed by atoms with Crippen LogP contribution in [0.5, 0.6) is 0 Å². The molecule has 0 saturated heterocycles. The van der Waals surface area contributed by atoms with Crippen molar-refractivity contribution in [3.63, 3.8) is 0 Å². The van der Waals surface area contributed by atoms with E-state index in [-0.39, 0.29) is 12.4 Å². The molecule has 2 aromatic rings. The summed E-state index contributed by atoms with van der Waals surface area (Å²) >= 11 is 1.99. The van der Waals surface area contributed by atoms with Gasteiger partial charge in [0.05, 0.1) is 0 Å². The van der Waals surface area contributed by atoms with Gasteiger partial charge in [-0.3, -0.25) is 0 Å². The summed E-state index contributed by atoms with van der Waals surface area (Å²) in [4.78, 5) is 0. The van der Waals surface area contributed by atoms with Gasteiger partial charge in [-0.2, -0.15) is 0 Å². The lowest BCUT2D eigenvalue weighted by molar-refractivity contribution is 0.580. The number of hydrogen-bond donors (Lipinski definition) is 1. The lowest BCUT2D eigenvalue weighted by Gasteiger charge is -2.09. The molecule has 0 saturated carbocycles. The maximum Gasteiger partial charge on any atom is 0.126 e. The van der Waals surface area contributed by atoms with Gasteiger partial charge in [0.2, 0.25) is 0 Å².